The zero-order chi connectivity index (χ0) is 21.6. The number of aliphatic hydroxyl groups excluding tert-OH is 1. The first-order chi connectivity index (χ1) is 15.0. The molecule has 1 aromatic carbocycles. The molecule has 4 aliphatic rings. The number of benzene rings is 1. The van der Waals surface area contributed by atoms with Crippen LogP contribution in [0.5, 0.6) is 0 Å². The van der Waals surface area contributed by atoms with Gasteiger partial charge in [-0.1, -0.05) is 0 Å². The number of amides is 1. The number of rotatable bonds is 7. The van der Waals surface area contributed by atoms with Crippen molar-refractivity contribution in [2.45, 2.75) is 56.2 Å². The van der Waals surface area contributed by atoms with E-state index in [0.29, 0.717) is 23.0 Å². The van der Waals surface area contributed by atoms with Crippen LogP contribution in [-0.4, -0.2) is 54.2 Å². The Hall–Kier alpha value is -1.49. The predicted octanol–water partition coefficient (Wildman–Crippen LogP) is 2.56. The van der Waals surface area contributed by atoms with Gasteiger partial charge in [-0.05, 0) is 78.6 Å². The third-order valence-corrected chi connectivity index (χ3v) is 7.16. The van der Waals surface area contributed by atoms with Crippen LogP contribution >= 0.6 is 22.6 Å². The first kappa shape index (κ1) is 21.4. The summed E-state index contributed by atoms with van der Waals surface area (Å²) in [5.41, 5.74) is 0.966. The normalized spacial score (nSPS) is 29.1. The van der Waals surface area contributed by atoms with Gasteiger partial charge in [0.05, 0.1) is 12.2 Å². The van der Waals surface area contributed by atoms with E-state index in [-0.39, 0.29) is 25.5 Å². The van der Waals surface area contributed by atoms with Gasteiger partial charge >= 0.3 is 5.97 Å². The Morgan fingerprint density at radius 3 is 2.42 bits per heavy atom. The third-order valence-electron chi connectivity index (χ3n) is 6.44. The summed E-state index contributed by atoms with van der Waals surface area (Å²) in [7, 11) is 0. The lowest BCUT2D eigenvalue weighted by Crippen LogP contribution is -2.44. The number of hydrogen-bond acceptors (Lipinski definition) is 6. The maximum Gasteiger partial charge on any atom is 0.338 e. The number of aliphatic hydroxyl groups is 1. The van der Waals surface area contributed by atoms with Crippen LogP contribution in [0.1, 0.15) is 42.5 Å². The smallest absolute Gasteiger partial charge is 0.338 e. The monoisotopic (exact) mass is 539 g/mol. The summed E-state index contributed by atoms with van der Waals surface area (Å²) in [6.07, 6.45) is 4.92. The molecule has 0 radical (unpaired) electrons. The van der Waals surface area contributed by atoms with Crippen molar-refractivity contribution in [1.82, 2.24) is 5.32 Å². The van der Waals surface area contributed by atoms with Crippen molar-refractivity contribution in [2.24, 2.45) is 11.8 Å². The Labute approximate surface area is 194 Å². The molecule has 1 heterocycles. The molecule has 5 rings (SSSR count). The van der Waals surface area contributed by atoms with Gasteiger partial charge in [0.25, 0.3) is 0 Å². The quantitative estimate of drug-likeness (QED) is 0.409. The van der Waals surface area contributed by atoms with Crippen molar-refractivity contribution in [3.63, 3.8) is 0 Å². The lowest BCUT2D eigenvalue weighted by atomic mass is 9.91. The number of halogens is 1. The standard InChI is InChI=1S/C23H26INO6/c24-17-7-1-13(2-8-17)22(28)29-18-11-14(21(27)25-9-10-26)12-19-20(18)31-23(30-19,15-3-4-15)16-5-6-16/h1-2,7-8,12,15-16,18-20,26H,3-6,9-11H2,(H,25,27). The second kappa shape index (κ2) is 8.46. The molecule has 3 unspecified atom stereocenters. The lowest BCUT2D eigenvalue weighted by molar-refractivity contribution is -0.209. The molecule has 2 saturated carbocycles. The fourth-order valence-electron chi connectivity index (χ4n) is 4.64. The summed E-state index contributed by atoms with van der Waals surface area (Å²) in [6, 6.07) is 7.18. The van der Waals surface area contributed by atoms with E-state index in [1.165, 1.54) is 0 Å². The van der Waals surface area contributed by atoms with E-state index in [0.717, 1.165) is 29.3 Å². The summed E-state index contributed by atoms with van der Waals surface area (Å²) in [4.78, 5) is 25.5. The molecule has 7 nitrogen and oxygen atoms in total. The largest absolute Gasteiger partial charge is 0.456 e. The van der Waals surface area contributed by atoms with E-state index in [4.69, 9.17) is 19.3 Å². The fraction of sp³-hybridized carbons (Fsp3) is 0.565. The maximum absolute atomic E-state index is 12.8. The van der Waals surface area contributed by atoms with Crippen molar-refractivity contribution in [1.29, 1.82) is 0 Å². The van der Waals surface area contributed by atoms with Gasteiger partial charge in [-0.2, -0.15) is 0 Å². The number of ether oxygens (including phenoxy) is 3. The molecule has 1 amide bonds. The molecule has 31 heavy (non-hydrogen) atoms. The Kier molecular flexibility index (Phi) is 5.83. The van der Waals surface area contributed by atoms with Crippen molar-refractivity contribution in [3.05, 3.63) is 45.0 Å². The molecule has 1 aromatic rings. The van der Waals surface area contributed by atoms with Gasteiger partial charge in [0.15, 0.2) is 5.79 Å². The second-order valence-corrected chi connectivity index (χ2v) is 10.0. The fourth-order valence-corrected chi connectivity index (χ4v) is 5.00. The molecule has 0 bridgehead atoms. The number of carbonyl (C=O) groups excluding carboxylic acids is 2. The SMILES string of the molecule is O=C(NCCO)C1=CC2OC(C3CC3)(C3CC3)OC2C(OC(=O)c2ccc(I)cc2)C1. The Morgan fingerprint density at radius 1 is 1.13 bits per heavy atom. The maximum atomic E-state index is 12.8. The van der Waals surface area contributed by atoms with Gasteiger partial charge in [-0.25, -0.2) is 4.79 Å². The van der Waals surface area contributed by atoms with Crippen LogP contribution in [0.15, 0.2) is 35.9 Å². The first-order valence-corrected chi connectivity index (χ1v) is 12.0. The number of fused-ring (bicyclic) bond motifs is 1. The highest BCUT2D eigenvalue weighted by Gasteiger charge is 2.64. The van der Waals surface area contributed by atoms with Crippen LogP contribution in [0.25, 0.3) is 0 Å². The molecule has 0 aromatic heterocycles. The molecule has 0 spiro atoms. The Balaban J connectivity index is 1.39. The molecular formula is C23H26INO6. The number of carbonyl (C=O) groups is 2. The topological polar surface area (TPSA) is 94.1 Å². The molecule has 3 atom stereocenters. The van der Waals surface area contributed by atoms with Gasteiger partial charge in [-0.3, -0.25) is 4.79 Å². The van der Waals surface area contributed by atoms with Crippen molar-refractivity contribution < 1.29 is 28.9 Å². The minimum atomic E-state index is -0.615. The minimum absolute atomic E-state index is 0.137. The number of hydrogen-bond donors (Lipinski definition) is 2. The van der Waals surface area contributed by atoms with Gasteiger partial charge in [0.2, 0.25) is 5.91 Å². The summed E-state index contributed by atoms with van der Waals surface area (Å²) < 4.78 is 20.0. The summed E-state index contributed by atoms with van der Waals surface area (Å²) in [5, 5.41) is 11.7. The predicted molar refractivity (Wildman–Crippen MR) is 119 cm³/mol. The number of esters is 1. The van der Waals surface area contributed by atoms with Gasteiger partial charge in [0, 0.05) is 33.9 Å². The highest BCUT2D eigenvalue weighted by atomic mass is 127. The second-order valence-electron chi connectivity index (χ2n) is 8.76. The molecule has 1 saturated heterocycles. The van der Waals surface area contributed by atoms with E-state index >= 15 is 0 Å². The van der Waals surface area contributed by atoms with Gasteiger partial charge < -0.3 is 24.6 Å². The van der Waals surface area contributed by atoms with Crippen LogP contribution < -0.4 is 5.32 Å². The highest BCUT2D eigenvalue weighted by molar-refractivity contribution is 14.1. The minimum Gasteiger partial charge on any atom is -0.456 e. The van der Waals surface area contributed by atoms with Crippen LogP contribution in [-0.2, 0) is 19.0 Å². The van der Waals surface area contributed by atoms with E-state index in [2.05, 4.69) is 27.9 Å². The van der Waals surface area contributed by atoms with Crippen molar-refractivity contribution in [2.75, 3.05) is 13.2 Å². The van der Waals surface area contributed by atoms with Gasteiger partial charge in [-0.15, -0.1) is 0 Å². The zero-order valence-corrected chi connectivity index (χ0v) is 19.2. The molecular weight excluding hydrogens is 513 g/mol. The van der Waals surface area contributed by atoms with E-state index < -0.39 is 30.1 Å². The molecule has 3 fully saturated rings. The molecule has 3 aliphatic carbocycles. The van der Waals surface area contributed by atoms with Crippen LogP contribution in [0.4, 0.5) is 0 Å². The molecule has 2 N–H and O–H groups in total. The molecule has 166 valence electrons. The average Bonchev–Trinajstić information content (AvgIpc) is 3.69. The zero-order valence-electron chi connectivity index (χ0n) is 17.1. The lowest BCUT2D eigenvalue weighted by Gasteiger charge is -2.31. The summed E-state index contributed by atoms with van der Waals surface area (Å²) in [6.45, 7) is 0.0329. The van der Waals surface area contributed by atoms with Crippen LogP contribution in [0.2, 0.25) is 0 Å². The summed E-state index contributed by atoms with van der Waals surface area (Å²) >= 11 is 2.19. The van der Waals surface area contributed by atoms with Crippen LogP contribution in [0, 0.1) is 15.4 Å². The van der Waals surface area contributed by atoms with Crippen LogP contribution in [0.3, 0.4) is 0 Å². The van der Waals surface area contributed by atoms with E-state index in [1.54, 1.807) is 12.1 Å². The highest BCUT2D eigenvalue weighted by Crippen LogP contribution is 2.59. The van der Waals surface area contributed by atoms with Crippen molar-refractivity contribution in [3.8, 4) is 0 Å². The Bertz CT molecular complexity index is 880. The third kappa shape index (κ3) is 4.27. The average molecular weight is 539 g/mol. The Morgan fingerprint density at radius 2 is 1.81 bits per heavy atom. The van der Waals surface area contributed by atoms with Gasteiger partial charge in [0.1, 0.15) is 18.3 Å². The molecule has 1 aliphatic heterocycles. The number of nitrogens with one attached hydrogen (secondary N) is 1. The summed E-state index contributed by atoms with van der Waals surface area (Å²) in [5.74, 6) is -0.578. The first-order valence-electron chi connectivity index (χ1n) is 10.9. The van der Waals surface area contributed by atoms with E-state index in [9.17, 15) is 9.59 Å². The van der Waals surface area contributed by atoms with Crippen molar-refractivity contribution >= 4 is 34.5 Å². The molecule has 8 heteroatoms. The van der Waals surface area contributed by atoms with E-state index in [1.807, 2.05) is 18.2 Å².